The highest BCUT2D eigenvalue weighted by molar-refractivity contribution is 7.99. The zero-order valence-electron chi connectivity index (χ0n) is 18.2. The number of nitrogens with zero attached hydrogens (tertiary/aromatic N) is 3. The third kappa shape index (κ3) is 4.90. The third-order valence-corrected chi connectivity index (χ3v) is 8.39. The SMILES string of the molecule is COc1ccccc1-c1nnc(NC(=O)C2CCN(S(=O)(=O)c3ccccc3SC)CC2)o1. The number of para-hydroxylation sites is 1. The molecular weight excluding hydrogens is 464 g/mol. The van der Waals surface area contributed by atoms with E-state index in [1.165, 1.54) is 16.1 Å². The van der Waals surface area contributed by atoms with Crippen LogP contribution in [0.25, 0.3) is 11.5 Å². The second-order valence-corrected chi connectivity index (χ2v) is 10.2. The summed E-state index contributed by atoms with van der Waals surface area (Å²) in [6.45, 7) is 0.527. The maximum atomic E-state index is 13.1. The van der Waals surface area contributed by atoms with E-state index in [2.05, 4.69) is 15.5 Å². The predicted octanol–water partition coefficient (Wildman–Crippen LogP) is 3.51. The van der Waals surface area contributed by atoms with Crippen LogP contribution in [0.2, 0.25) is 0 Å². The van der Waals surface area contributed by atoms with Crippen molar-refractivity contribution >= 4 is 33.7 Å². The zero-order valence-corrected chi connectivity index (χ0v) is 19.9. The first-order valence-electron chi connectivity index (χ1n) is 10.3. The molecule has 3 aromatic rings. The van der Waals surface area contributed by atoms with Crippen LogP contribution < -0.4 is 10.1 Å². The molecule has 1 aromatic heterocycles. The molecule has 1 aliphatic rings. The molecule has 9 nitrogen and oxygen atoms in total. The van der Waals surface area contributed by atoms with Crippen molar-refractivity contribution in [3.63, 3.8) is 0 Å². The quantitative estimate of drug-likeness (QED) is 0.503. The number of nitrogens with one attached hydrogen (secondary N) is 1. The van der Waals surface area contributed by atoms with Gasteiger partial charge in [0.05, 0.1) is 17.6 Å². The van der Waals surface area contributed by atoms with Crippen LogP contribution in [0.4, 0.5) is 6.01 Å². The molecule has 1 N–H and O–H groups in total. The summed E-state index contributed by atoms with van der Waals surface area (Å²) in [6, 6.07) is 14.1. The van der Waals surface area contributed by atoms with Gasteiger partial charge in [-0.05, 0) is 43.4 Å². The molecule has 0 saturated carbocycles. The lowest BCUT2D eigenvalue weighted by molar-refractivity contribution is -0.121. The van der Waals surface area contributed by atoms with E-state index in [0.29, 0.717) is 33.9 Å². The minimum atomic E-state index is -3.62. The second-order valence-electron chi connectivity index (χ2n) is 7.43. The summed E-state index contributed by atoms with van der Waals surface area (Å²) < 4.78 is 38.5. The van der Waals surface area contributed by atoms with Gasteiger partial charge in [0.1, 0.15) is 5.75 Å². The van der Waals surface area contributed by atoms with Crippen molar-refractivity contribution in [3.8, 4) is 17.2 Å². The summed E-state index contributed by atoms with van der Waals surface area (Å²) in [5.74, 6) is 0.187. The second kappa shape index (κ2) is 9.94. The number of benzene rings is 2. The van der Waals surface area contributed by atoms with Crippen LogP contribution in [0.5, 0.6) is 5.75 Å². The lowest BCUT2D eigenvalue weighted by atomic mass is 9.97. The number of methoxy groups -OCH3 is 1. The summed E-state index contributed by atoms with van der Waals surface area (Å²) in [5, 5.41) is 10.5. The number of carbonyl (C=O) groups is 1. The number of rotatable bonds is 7. The molecule has 1 saturated heterocycles. The monoisotopic (exact) mass is 488 g/mol. The molecule has 2 heterocycles. The van der Waals surface area contributed by atoms with Crippen molar-refractivity contribution in [2.75, 3.05) is 31.8 Å². The Morgan fingerprint density at radius 1 is 1.12 bits per heavy atom. The number of piperidine rings is 1. The maximum Gasteiger partial charge on any atom is 0.322 e. The van der Waals surface area contributed by atoms with Gasteiger partial charge in [-0.1, -0.05) is 29.4 Å². The summed E-state index contributed by atoms with van der Waals surface area (Å²) in [4.78, 5) is 13.7. The van der Waals surface area contributed by atoms with Crippen LogP contribution in [0.1, 0.15) is 12.8 Å². The van der Waals surface area contributed by atoms with Crippen LogP contribution in [0.3, 0.4) is 0 Å². The molecule has 4 rings (SSSR count). The normalized spacial score (nSPS) is 15.3. The van der Waals surface area contributed by atoms with E-state index in [0.717, 1.165) is 0 Å². The van der Waals surface area contributed by atoms with Crippen molar-refractivity contribution in [1.29, 1.82) is 0 Å². The Hall–Kier alpha value is -2.89. The lowest BCUT2D eigenvalue weighted by Crippen LogP contribution is -2.41. The van der Waals surface area contributed by atoms with Crippen LogP contribution in [0.15, 0.2) is 62.7 Å². The molecule has 1 aliphatic heterocycles. The molecule has 0 unspecified atom stereocenters. The molecule has 0 aliphatic carbocycles. The largest absolute Gasteiger partial charge is 0.496 e. The van der Waals surface area contributed by atoms with E-state index < -0.39 is 10.0 Å². The topological polar surface area (TPSA) is 115 Å². The van der Waals surface area contributed by atoms with Crippen LogP contribution in [-0.2, 0) is 14.8 Å². The van der Waals surface area contributed by atoms with Crippen molar-refractivity contribution in [1.82, 2.24) is 14.5 Å². The standard InChI is InChI=1S/C22H24N4O5S2/c1-30-17-8-4-3-7-16(17)21-24-25-22(31-21)23-20(27)15-11-13-26(14-12-15)33(28,29)19-10-6-5-9-18(19)32-2/h3-10,15H,11-14H2,1-2H3,(H,23,25,27). The molecule has 1 amide bonds. The van der Waals surface area contributed by atoms with Gasteiger partial charge in [-0.25, -0.2) is 8.42 Å². The number of sulfonamides is 1. The number of amides is 1. The molecule has 0 radical (unpaired) electrons. The molecule has 0 spiro atoms. The summed E-state index contributed by atoms with van der Waals surface area (Å²) in [6.07, 6.45) is 2.65. The minimum absolute atomic E-state index is 0.00939. The first kappa shape index (κ1) is 23.3. The van der Waals surface area contributed by atoms with E-state index >= 15 is 0 Å². The fourth-order valence-corrected chi connectivity index (χ4v) is 6.33. The highest BCUT2D eigenvalue weighted by Crippen LogP contribution is 2.31. The van der Waals surface area contributed by atoms with E-state index in [-0.39, 0.29) is 36.8 Å². The van der Waals surface area contributed by atoms with E-state index in [1.54, 1.807) is 37.4 Å². The molecule has 1 fully saturated rings. The Bertz CT molecular complexity index is 1240. The molecule has 0 bridgehead atoms. The smallest absolute Gasteiger partial charge is 0.322 e. The van der Waals surface area contributed by atoms with E-state index in [4.69, 9.17) is 9.15 Å². The molecule has 0 atom stereocenters. The fourth-order valence-electron chi connectivity index (χ4n) is 3.74. The molecule has 33 heavy (non-hydrogen) atoms. The Morgan fingerprint density at radius 3 is 2.55 bits per heavy atom. The van der Waals surface area contributed by atoms with Crippen molar-refractivity contribution < 1.29 is 22.4 Å². The van der Waals surface area contributed by atoms with Crippen molar-refractivity contribution in [2.24, 2.45) is 5.92 Å². The van der Waals surface area contributed by atoms with Gasteiger partial charge in [0.15, 0.2) is 0 Å². The molecule has 2 aromatic carbocycles. The number of anilines is 1. The van der Waals surface area contributed by atoms with Gasteiger partial charge in [-0.2, -0.15) is 4.31 Å². The van der Waals surface area contributed by atoms with Crippen LogP contribution in [0, 0.1) is 5.92 Å². The highest BCUT2D eigenvalue weighted by atomic mass is 32.2. The van der Waals surface area contributed by atoms with Gasteiger partial charge in [-0.3, -0.25) is 10.1 Å². The van der Waals surface area contributed by atoms with Gasteiger partial charge in [0.25, 0.3) is 5.89 Å². The third-order valence-electron chi connectivity index (χ3n) is 5.50. The van der Waals surface area contributed by atoms with Gasteiger partial charge in [-0.15, -0.1) is 16.9 Å². The number of thioether (sulfide) groups is 1. The average Bonchev–Trinajstić information content (AvgIpc) is 3.32. The maximum absolute atomic E-state index is 13.1. The zero-order chi connectivity index (χ0) is 23.4. The number of ether oxygens (including phenoxy) is 1. The van der Waals surface area contributed by atoms with Crippen molar-refractivity contribution in [3.05, 3.63) is 48.5 Å². The Balaban J connectivity index is 1.39. The molecule has 174 valence electrons. The predicted molar refractivity (Wildman–Crippen MR) is 125 cm³/mol. The van der Waals surface area contributed by atoms with Crippen LogP contribution >= 0.6 is 11.8 Å². The van der Waals surface area contributed by atoms with E-state index in [9.17, 15) is 13.2 Å². The van der Waals surface area contributed by atoms with Gasteiger partial charge >= 0.3 is 6.01 Å². The molecule has 11 heteroatoms. The van der Waals surface area contributed by atoms with Gasteiger partial charge in [0, 0.05) is 23.9 Å². The lowest BCUT2D eigenvalue weighted by Gasteiger charge is -2.30. The Morgan fingerprint density at radius 2 is 1.82 bits per heavy atom. The number of hydrogen-bond donors (Lipinski definition) is 1. The Kier molecular flexibility index (Phi) is 7.01. The minimum Gasteiger partial charge on any atom is -0.496 e. The van der Waals surface area contributed by atoms with Gasteiger partial charge in [0.2, 0.25) is 15.9 Å². The van der Waals surface area contributed by atoms with E-state index in [1.807, 2.05) is 24.5 Å². The van der Waals surface area contributed by atoms with Crippen LogP contribution in [-0.4, -0.2) is 55.3 Å². The van der Waals surface area contributed by atoms with Crippen molar-refractivity contribution in [2.45, 2.75) is 22.6 Å². The number of aromatic nitrogens is 2. The first-order chi connectivity index (χ1) is 15.9. The number of carbonyl (C=O) groups excluding carboxylic acids is 1. The summed E-state index contributed by atoms with van der Waals surface area (Å²) >= 11 is 1.39. The number of hydrogen-bond acceptors (Lipinski definition) is 8. The fraction of sp³-hybridized carbons (Fsp3) is 0.318. The highest BCUT2D eigenvalue weighted by Gasteiger charge is 2.33. The summed E-state index contributed by atoms with van der Waals surface area (Å²) in [5.41, 5.74) is 0.622. The van der Waals surface area contributed by atoms with Gasteiger partial charge < -0.3 is 9.15 Å². The first-order valence-corrected chi connectivity index (χ1v) is 13.0. The Labute approximate surface area is 196 Å². The summed E-state index contributed by atoms with van der Waals surface area (Å²) in [7, 11) is -2.07. The molecular formula is C22H24N4O5S2. The average molecular weight is 489 g/mol.